The summed E-state index contributed by atoms with van der Waals surface area (Å²) in [5, 5.41) is 67.7. The first-order valence-electron chi connectivity index (χ1n) is 33.1. The highest BCUT2D eigenvalue weighted by molar-refractivity contribution is 5.81. The molecular weight excluding hydrogens is 1190 g/mol. The topological polar surface area (TPSA) is 290 Å². The second-order valence-corrected chi connectivity index (χ2v) is 29.5. The Morgan fingerprint density at radius 3 is 1.84 bits per heavy atom. The molecule has 5 aliphatic carbocycles. The smallest absolute Gasteiger partial charge is 0.335 e. The number of aldehydes is 1. The van der Waals surface area contributed by atoms with Crippen molar-refractivity contribution in [2.75, 3.05) is 28.4 Å². The summed E-state index contributed by atoms with van der Waals surface area (Å²) < 4.78 is 53.9. The van der Waals surface area contributed by atoms with Gasteiger partial charge in [-0.05, 0) is 116 Å². The highest BCUT2D eigenvalue weighted by Crippen LogP contribution is 2.76. The summed E-state index contributed by atoms with van der Waals surface area (Å²) >= 11 is 0. The van der Waals surface area contributed by atoms with Gasteiger partial charge in [0.1, 0.15) is 48.0 Å². The molecule has 0 amide bonds. The van der Waals surface area contributed by atoms with E-state index in [1.165, 1.54) is 27.8 Å². The van der Waals surface area contributed by atoms with E-state index in [0.29, 0.717) is 57.8 Å². The monoisotopic (exact) mass is 1320 g/mol. The second kappa shape index (κ2) is 35.8. The fourth-order valence-electron chi connectivity index (χ4n) is 17.8. The normalized spacial score (nSPS) is 39.2. The number of aliphatic hydroxyl groups excluding tert-OH is 5. The number of fused-ring (bicyclic) bond motifs is 7. The fourth-order valence-corrected chi connectivity index (χ4v) is 17.8. The number of ketones is 1. The van der Waals surface area contributed by atoms with Crippen LogP contribution in [0.3, 0.4) is 0 Å². The molecule has 20 nitrogen and oxygen atoms in total. The number of allylic oxidation sites excluding steroid dienone is 2. The van der Waals surface area contributed by atoms with Crippen LogP contribution in [-0.2, 0) is 66.6 Å². The average molecular weight is 1320 g/mol. The first-order valence-corrected chi connectivity index (χ1v) is 33.1. The summed E-state index contributed by atoms with van der Waals surface area (Å²) in [7, 11) is 5.74. The number of Topliss-reactive ketones (excluding diaryl/α,β-unsaturated/α-hetero) is 1. The molecule has 0 aromatic heterocycles. The molecule has 6 N–H and O–H groups in total. The van der Waals surface area contributed by atoms with Crippen LogP contribution in [-0.4, -0.2) is 198 Å². The minimum absolute atomic E-state index is 0. The van der Waals surface area contributed by atoms with Crippen molar-refractivity contribution >= 4 is 46.8 Å². The zero-order valence-corrected chi connectivity index (χ0v) is 57.4. The quantitative estimate of drug-likeness (QED) is 0.0163. The Kier molecular flexibility index (Phi) is 33.9. The standard InChI is InChI=1S/C65H106O20.C3H8.3CH4.2B/c1-16-34(3)43(77-12)28-39(69)30-49(71)82-44(35(4)17-2)29-38(68)26-37(67)27-40-50(72)36(5)81-57(52(40)78-13)85-59(76)65-25-24-60(6,7)31-42(65)41-18-19-46-61(8)22-21-48(83-58-55(80-15)53(79-14)51(73)54(84-58)56(74)75)62(9,33-66)45(61)20-23-63(46,10)64(41,11)32-47(65)70;1-3-2;;;;;/h18,33-36,38-40,42-48,50-55,57-58,68-70,72-73H,16-17,19-32H2,1-15H3,(H,74,75);3H2,1-2H3;3*1H4;;/t34?,35?,36?,38?,39?,40?,42?,43?,44?,45?,46?,47-,48+,50?,51?,52?,53?,54?,55?,57?,58?,61?,62+,63?,64-,65-;;;;;;/m1....../s1. The van der Waals surface area contributed by atoms with Gasteiger partial charge in [0.05, 0.1) is 54.6 Å². The van der Waals surface area contributed by atoms with E-state index in [2.05, 4.69) is 54.5 Å². The average Bonchev–Trinajstić information content (AvgIpc) is 0.673. The van der Waals surface area contributed by atoms with E-state index >= 15 is 4.79 Å². The van der Waals surface area contributed by atoms with Crippen LogP contribution in [0.5, 0.6) is 0 Å². The lowest BCUT2D eigenvalue weighted by Crippen LogP contribution is -2.69. The van der Waals surface area contributed by atoms with Crippen LogP contribution in [0.2, 0.25) is 0 Å². The van der Waals surface area contributed by atoms with E-state index in [9.17, 15) is 49.8 Å². The van der Waals surface area contributed by atoms with Gasteiger partial charge in [-0.2, -0.15) is 0 Å². The summed E-state index contributed by atoms with van der Waals surface area (Å²) in [5.41, 5.74) is -2.89. The Bertz CT molecular complexity index is 2400. The zero-order chi connectivity index (χ0) is 65.8. The van der Waals surface area contributed by atoms with Gasteiger partial charge in [-0.3, -0.25) is 14.4 Å². The van der Waals surface area contributed by atoms with Crippen LogP contribution in [0.4, 0.5) is 0 Å². The van der Waals surface area contributed by atoms with Gasteiger partial charge < -0.3 is 78.1 Å². The number of esters is 2. The Hall–Kier alpha value is -2.86. The molecule has 7 aliphatic rings. The SMILES string of the molecule is C.C.C.CCC.CCC(C)C(CC(O)CC(=O)OC(CC(O)CC(=O)CC1C(O)C(C)OC(OC(=O)[C@]23CCC(C)(C)CC2C2=CCC4C5(C)CC[C@H](OC6OC(C(=O)O)C(O)C(OC)C6OC)[C@@](C)(C=O)C5CCC4(C)[C@]2(C)C[C@H]3O)C1OC)C(C)CC)OC.[B].[B]. The number of hydrogen-bond donors (Lipinski definition) is 6. The molecule has 2 saturated heterocycles. The van der Waals surface area contributed by atoms with Gasteiger partial charge in [-0.15, -0.1) is 0 Å². The van der Waals surface area contributed by atoms with E-state index < -0.39 is 148 Å². The van der Waals surface area contributed by atoms with Crippen molar-refractivity contribution in [1.82, 2.24) is 0 Å². The van der Waals surface area contributed by atoms with Crippen LogP contribution in [0.25, 0.3) is 0 Å². The van der Waals surface area contributed by atoms with Gasteiger partial charge in [-0.1, -0.05) is 136 Å². The van der Waals surface area contributed by atoms with Gasteiger partial charge in [-0.25, -0.2) is 4.79 Å². The number of aliphatic carboxylic acids is 1. The third-order valence-electron chi connectivity index (χ3n) is 23.5. The third-order valence-corrected chi connectivity index (χ3v) is 23.5. The van der Waals surface area contributed by atoms with E-state index in [0.717, 1.165) is 18.3 Å². The summed E-state index contributed by atoms with van der Waals surface area (Å²) in [4.78, 5) is 68.6. The molecule has 21 unspecified atom stereocenters. The largest absolute Gasteiger partial charge is 0.479 e. The van der Waals surface area contributed by atoms with Crippen LogP contribution in [0, 0.1) is 68.0 Å². The zero-order valence-electron chi connectivity index (χ0n) is 57.4. The number of hydrogen-bond acceptors (Lipinski definition) is 19. The number of carboxylic acids is 1. The first kappa shape index (κ1) is 88.2. The highest BCUT2D eigenvalue weighted by atomic mass is 16.7. The lowest BCUT2D eigenvalue weighted by molar-refractivity contribution is -0.327. The Morgan fingerprint density at radius 2 is 1.29 bits per heavy atom. The lowest BCUT2D eigenvalue weighted by atomic mass is 9.33. The Morgan fingerprint density at radius 1 is 0.720 bits per heavy atom. The number of rotatable bonds is 25. The van der Waals surface area contributed by atoms with Crippen LogP contribution >= 0.6 is 0 Å². The highest BCUT2D eigenvalue weighted by Gasteiger charge is 2.72. The first-order chi connectivity index (χ1) is 41.3. The maximum Gasteiger partial charge on any atom is 0.335 e. The maximum absolute atomic E-state index is 15.5. The van der Waals surface area contributed by atoms with Crippen molar-refractivity contribution in [2.45, 2.75) is 313 Å². The Balaban J connectivity index is 0.00000530. The number of carbonyl (C=O) groups excluding carboxylic acids is 4. The minimum Gasteiger partial charge on any atom is -0.479 e. The van der Waals surface area contributed by atoms with Crippen LogP contribution in [0.15, 0.2) is 11.6 Å². The van der Waals surface area contributed by atoms with Gasteiger partial charge in [0.25, 0.3) is 0 Å². The van der Waals surface area contributed by atoms with Gasteiger partial charge in [0, 0.05) is 76.9 Å². The van der Waals surface area contributed by atoms with Crippen molar-refractivity contribution in [3.05, 3.63) is 11.6 Å². The number of methoxy groups -OCH3 is 4. The lowest BCUT2D eigenvalue weighted by Gasteiger charge is -2.71. The molecular formula is C71H126B2O20. The van der Waals surface area contributed by atoms with Crippen molar-refractivity contribution in [1.29, 1.82) is 0 Å². The molecule has 7 rings (SSSR count). The molecule has 22 heteroatoms. The molecule has 0 aromatic rings. The van der Waals surface area contributed by atoms with Gasteiger partial charge >= 0.3 is 17.9 Å². The number of aliphatic hydroxyl groups is 5. The van der Waals surface area contributed by atoms with Crippen molar-refractivity contribution < 1.29 is 97.2 Å². The molecule has 2 heterocycles. The second-order valence-electron chi connectivity index (χ2n) is 29.5. The number of carboxylic acid groups (broad SMARTS) is 1. The summed E-state index contributed by atoms with van der Waals surface area (Å²) in [5.74, 6) is -4.47. The van der Waals surface area contributed by atoms with Gasteiger partial charge in [0.2, 0.25) is 6.29 Å². The van der Waals surface area contributed by atoms with Crippen molar-refractivity contribution in [3.63, 3.8) is 0 Å². The number of ether oxygens (including phenoxy) is 9. The summed E-state index contributed by atoms with van der Waals surface area (Å²) in [6, 6.07) is 0. The fraction of sp³-hybridized carbons (Fsp3) is 0.901. The maximum atomic E-state index is 15.5. The molecule has 0 aromatic carbocycles. The molecule has 2 aliphatic heterocycles. The minimum atomic E-state index is -1.65. The van der Waals surface area contributed by atoms with E-state index in [4.69, 9.17) is 42.6 Å². The third kappa shape index (κ3) is 17.4. The predicted octanol–water partition coefficient (Wildman–Crippen LogP) is 9.63. The molecule has 6 fully saturated rings. The van der Waals surface area contributed by atoms with E-state index in [1.54, 1.807) is 14.0 Å². The van der Waals surface area contributed by atoms with Crippen LogP contribution < -0.4 is 0 Å². The summed E-state index contributed by atoms with van der Waals surface area (Å²) in [6.45, 7) is 26.9. The molecule has 536 valence electrons. The molecule has 6 radical (unpaired) electrons. The Labute approximate surface area is 563 Å². The predicted molar refractivity (Wildman–Crippen MR) is 358 cm³/mol. The van der Waals surface area contributed by atoms with Crippen molar-refractivity contribution in [3.8, 4) is 0 Å². The molecule has 93 heavy (non-hydrogen) atoms. The molecule has 0 bridgehead atoms. The van der Waals surface area contributed by atoms with E-state index in [1.807, 2.05) is 34.6 Å². The molecule has 26 atom stereocenters. The van der Waals surface area contributed by atoms with Crippen molar-refractivity contribution in [2.24, 2.45) is 68.0 Å². The summed E-state index contributed by atoms with van der Waals surface area (Å²) in [6.07, 6.45) is -5.65. The number of carbonyl (C=O) groups is 5. The van der Waals surface area contributed by atoms with Crippen LogP contribution in [0.1, 0.15) is 221 Å². The molecule has 0 spiro atoms. The molecule has 4 saturated carbocycles. The van der Waals surface area contributed by atoms with E-state index in [-0.39, 0.29) is 113 Å². The van der Waals surface area contributed by atoms with Gasteiger partial charge in [0.15, 0.2) is 12.4 Å².